The van der Waals surface area contributed by atoms with E-state index in [0.717, 1.165) is 53.2 Å². The molecule has 8 nitrogen and oxygen atoms in total. The summed E-state index contributed by atoms with van der Waals surface area (Å²) in [6.45, 7) is 7.82. The molecule has 32 heavy (non-hydrogen) atoms. The van der Waals surface area contributed by atoms with Gasteiger partial charge in [0.05, 0.1) is 28.6 Å². The highest BCUT2D eigenvalue weighted by Crippen LogP contribution is 2.20. The van der Waals surface area contributed by atoms with E-state index in [1.165, 1.54) is 0 Å². The van der Waals surface area contributed by atoms with Gasteiger partial charge in [-0.05, 0) is 57.0 Å². The molecule has 0 saturated heterocycles. The van der Waals surface area contributed by atoms with Gasteiger partial charge in [0.1, 0.15) is 11.5 Å². The molecule has 160 valence electrons. The van der Waals surface area contributed by atoms with Crippen LogP contribution >= 0.6 is 0 Å². The van der Waals surface area contributed by atoms with Crippen LogP contribution in [0.15, 0.2) is 61.3 Å². The number of hydrogen-bond acceptors (Lipinski definition) is 5. The summed E-state index contributed by atoms with van der Waals surface area (Å²) in [7, 11) is 0. The second-order valence-electron chi connectivity index (χ2n) is 7.76. The minimum absolute atomic E-state index is 0.568. The third-order valence-corrected chi connectivity index (χ3v) is 5.29. The van der Waals surface area contributed by atoms with Gasteiger partial charge in [-0.15, -0.1) is 11.7 Å². The number of nitrogens with zero attached hydrogens (tertiary/aromatic N) is 7. The number of nitrogens with one attached hydrogen (secondary N) is 1. The highest BCUT2D eigenvalue weighted by molar-refractivity contribution is 5.76. The van der Waals surface area contributed by atoms with Crippen molar-refractivity contribution in [3.8, 4) is 23.2 Å². The second kappa shape index (κ2) is 8.22. The number of rotatable bonds is 7. The fraction of sp³-hybridized carbons (Fsp3) is 0.208. The zero-order valence-corrected chi connectivity index (χ0v) is 18.2. The van der Waals surface area contributed by atoms with Crippen LogP contribution in [-0.4, -0.2) is 39.5 Å². The van der Waals surface area contributed by atoms with Crippen molar-refractivity contribution in [3.05, 3.63) is 78.5 Å². The van der Waals surface area contributed by atoms with E-state index in [0.29, 0.717) is 17.5 Å². The van der Waals surface area contributed by atoms with Crippen LogP contribution in [0.2, 0.25) is 0 Å². The molecule has 1 N–H and O–H groups in total. The van der Waals surface area contributed by atoms with Crippen LogP contribution < -0.4 is 0 Å². The first-order valence-corrected chi connectivity index (χ1v) is 10.6. The Morgan fingerprint density at radius 1 is 1.03 bits per heavy atom. The van der Waals surface area contributed by atoms with Crippen LogP contribution in [0.1, 0.15) is 30.1 Å². The quantitative estimate of drug-likeness (QED) is 0.306. The van der Waals surface area contributed by atoms with E-state index in [1.54, 1.807) is 10.9 Å². The fourth-order valence-electron chi connectivity index (χ4n) is 3.76. The number of aromatic amines is 1. The van der Waals surface area contributed by atoms with Crippen molar-refractivity contribution in [2.75, 3.05) is 0 Å². The van der Waals surface area contributed by atoms with Gasteiger partial charge in [-0.25, -0.2) is 14.6 Å². The number of fused-ring (bicyclic) bond motifs is 1. The molecule has 0 atom stereocenters. The number of aryl methyl sites for hydroxylation is 3. The molecule has 0 aliphatic heterocycles. The van der Waals surface area contributed by atoms with E-state index in [2.05, 4.69) is 21.6 Å². The van der Waals surface area contributed by atoms with Gasteiger partial charge in [-0.2, -0.15) is 9.78 Å². The number of pyridine rings is 1. The van der Waals surface area contributed by atoms with E-state index >= 15 is 0 Å². The Balaban J connectivity index is 1.52. The maximum atomic E-state index is 4.80. The van der Waals surface area contributed by atoms with Crippen LogP contribution in [0.5, 0.6) is 0 Å². The van der Waals surface area contributed by atoms with Crippen molar-refractivity contribution in [2.45, 2.75) is 33.1 Å². The van der Waals surface area contributed by atoms with Crippen LogP contribution in [0.4, 0.5) is 0 Å². The van der Waals surface area contributed by atoms with Gasteiger partial charge < -0.3 is 4.98 Å². The molecule has 0 aliphatic carbocycles. The van der Waals surface area contributed by atoms with Crippen molar-refractivity contribution < 1.29 is 0 Å². The SMILES string of the molecule is C=CCCCc1nc(-c2ccc(-n3nc(C)cc3C)cn2)nn1-c1nc2ccccc2[nH]1. The number of allylic oxidation sites excluding steroid dienone is 1. The van der Waals surface area contributed by atoms with E-state index in [-0.39, 0.29) is 0 Å². The van der Waals surface area contributed by atoms with Crippen molar-refractivity contribution in [2.24, 2.45) is 0 Å². The summed E-state index contributed by atoms with van der Waals surface area (Å²) >= 11 is 0. The molecule has 8 heteroatoms. The summed E-state index contributed by atoms with van der Waals surface area (Å²) in [5, 5.41) is 9.27. The van der Waals surface area contributed by atoms with Gasteiger partial charge in [0.25, 0.3) is 0 Å². The van der Waals surface area contributed by atoms with Crippen LogP contribution in [0, 0.1) is 13.8 Å². The van der Waals surface area contributed by atoms with Gasteiger partial charge >= 0.3 is 0 Å². The Hall–Kier alpha value is -4.07. The predicted molar refractivity (Wildman–Crippen MR) is 124 cm³/mol. The molecular weight excluding hydrogens is 400 g/mol. The second-order valence-corrected chi connectivity index (χ2v) is 7.76. The lowest BCUT2D eigenvalue weighted by Gasteiger charge is -2.04. The summed E-state index contributed by atoms with van der Waals surface area (Å²) < 4.78 is 3.67. The maximum absolute atomic E-state index is 4.80. The molecule has 5 rings (SSSR count). The van der Waals surface area contributed by atoms with Gasteiger partial charge in [0, 0.05) is 12.1 Å². The molecule has 0 fully saturated rings. The lowest BCUT2D eigenvalue weighted by atomic mass is 10.2. The van der Waals surface area contributed by atoms with Crippen molar-refractivity contribution in [3.63, 3.8) is 0 Å². The molecular formula is C24H24N8. The Morgan fingerprint density at radius 2 is 1.91 bits per heavy atom. The molecule has 0 radical (unpaired) electrons. The minimum atomic E-state index is 0.568. The number of para-hydroxylation sites is 2. The van der Waals surface area contributed by atoms with Gasteiger partial charge in [0.15, 0.2) is 0 Å². The molecule has 0 spiro atoms. The largest absolute Gasteiger partial charge is 0.322 e. The first-order valence-electron chi connectivity index (χ1n) is 10.6. The standard InChI is InChI=1S/C24H24N8/c1-4-5-6-11-22-28-23(30-32(22)24-26-19-9-7-8-10-20(19)27-24)21-13-12-18(15-25-21)31-17(3)14-16(2)29-31/h4,7-10,12-15H,1,5-6,11H2,2-3H3,(H,26,27). The van der Waals surface area contributed by atoms with E-state index < -0.39 is 0 Å². The Kier molecular flexibility index (Phi) is 5.10. The topological polar surface area (TPSA) is 90.1 Å². The molecule has 4 heterocycles. The first-order chi connectivity index (χ1) is 15.6. The summed E-state index contributed by atoms with van der Waals surface area (Å²) in [6, 6.07) is 13.9. The summed E-state index contributed by atoms with van der Waals surface area (Å²) in [5.41, 5.74) is 5.50. The molecule has 4 aromatic heterocycles. The van der Waals surface area contributed by atoms with Crippen LogP contribution in [-0.2, 0) is 6.42 Å². The minimum Gasteiger partial charge on any atom is -0.322 e. The molecule has 0 saturated carbocycles. The number of imidazole rings is 1. The third kappa shape index (κ3) is 3.71. The van der Waals surface area contributed by atoms with Crippen LogP contribution in [0.3, 0.4) is 0 Å². The highest BCUT2D eigenvalue weighted by Gasteiger charge is 2.17. The molecule has 0 amide bonds. The smallest absolute Gasteiger partial charge is 0.230 e. The predicted octanol–water partition coefficient (Wildman–Crippen LogP) is 4.52. The summed E-state index contributed by atoms with van der Waals surface area (Å²) in [4.78, 5) is 17.5. The Morgan fingerprint density at radius 3 is 2.62 bits per heavy atom. The average molecular weight is 425 g/mol. The van der Waals surface area contributed by atoms with E-state index in [1.807, 2.05) is 67.1 Å². The highest BCUT2D eigenvalue weighted by atomic mass is 15.4. The number of hydrogen-bond donors (Lipinski definition) is 1. The van der Waals surface area contributed by atoms with Crippen molar-refractivity contribution in [1.29, 1.82) is 0 Å². The number of aromatic nitrogens is 8. The number of unbranched alkanes of at least 4 members (excludes halogenated alkanes) is 1. The molecule has 0 aliphatic rings. The lowest BCUT2D eigenvalue weighted by molar-refractivity contribution is 0.715. The lowest BCUT2D eigenvalue weighted by Crippen LogP contribution is -2.05. The molecule has 1 aromatic carbocycles. The van der Waals surface area contributed by atoms with E-state index in [9.17, 15) is 0 Å². The van der Waals surface area contributed by atoms with Crippen molar-refractivity contribution >= 4 is 11.0 Å². The number of benzene rings is 1. The van der Waals surface area contributed by atoms with Gasteiger partial charge in [0.2, 0.25) is 11.8 Å². The first kappa shape index (κ1) is 19.9. The third-order valence-electron chi connectivity index (χ3n) is 5.29. The van der Waals surface area contributed by atoms with Crippen LogP contribution in [0.25, 0.3) is 34.2 Å². The fourth-order valence-corrected chi connectivity index (χ4v) is 3.76. The molecule has 0 bridgehead atoms. The normalized spacial score (nSPS) is 11.3. The average Bonchev–Trinajstić information content (AvgIpc) is 3.50. The Labute approximate surface area is 185 Å². The monoisotopic (exact) mass is 424 g/mol. The van der Waals surface area contributed by atoms with E-state index in [4.69, 9.17) is 15.1 Å². The zero-order valence-electron chi connectivity index (χ0n) is 18.2. The maximum Gasteiger partial charge on any atom is 0.230 e. The summed E-state index contributed by atoms with van der Waals surface area (Å²) in [5.74, 6) is 2.06. The molecule has 0 unspecified atom stereocenters. The zero-order chi connectivity index (χ0) is 22.1. The number of H-pyrrole nitrogens is 1. The Bertz CT molecular complexity index is 1350. The van der Waals surface area contributed by atoms with Gasteiger partial charge in [-0.3, -0.25) is 4.98 Å². The molecule has 5 aromatic rings. The van der Waals surface area contributed by atoms with Crippen molar-refractivity contribution in [1.82, 2.24) is 39.5 Å². The van der Waals surface area contributed by atoms with Gasteiger partial charge in [-0.1, -0.05) is 18.2 Å². The summed E-state index contributed by atoms with van der Waals surface area (Å²) in [6.07, 6.45) is 6.33.